The fraction of sp³-hybridized carbons (Fsp3) is 0. The summed E-state index contributed by atoms with van der Waals surface area (Å²) < 4.78 is 148. The average molecular weight is 340 g/mol. The molecule has 0 bridgehead atoms. The van der Waals surface area contributed by atoms with Crippen molar-refractivity contribution in [2.45, 2.75) is 0 Å². The maximum atomic E-state index is 8.74. The molecule has 1 N–H and O–H groups in total. The molecular weight excluding hydrogens is 302 g/mol. The Kier molecular flexibility index (Phi) is 1.44. The van der Waals surface area contributed by atoms with Crippen molar-refractivity contribution in [2.75, 3.05) is 5.32 Å². The van der Waals surface area contributed by atoms with Crippen molar-refractivity contribution >= 4 is 11.4 Å². The number of hydrogen-bond acceptors (Lipinski definition) is 1. The van der Waals surface area contributed by atoms with Gasteiger partial charge in [0.15, 0.2) is 0 Å². The minimum Gasteiger partial charge on any atom is -0.355 e. The van der Waals surface area contributed by atoms with Crippen LogP contribution in [0.4, 0.5) is 11.4 Å². The normalized spacial score (nSPS) is 20.5. The highest BCUT2D eigenvalue weighted by Crippen LogP contribution is 2.27. The summed E-state index contributed by atoms with van der Waals surface area (Å²) in [4.78, 5) is 0. The SMILES string of the molecule is [2H]c1c([2H])c([2H])c(-c2c([2H])c([2H])c([2H])c(Nc3c([2H])c([2H])c([2H])c(-c4c([2H])c([2H])c([2H])c([2H])c4[2H])c3[2H])c2[2H])c([2H])c1[2H]. The first-order chi connectivity index (χ1) is 19.9. The van der Waals surface area contributed by atoms with Crippen molar-refractivity contribution in [1.29, 1.82) is 0 Å². The minimum absolute atomic E-state index is 0.600. The molecule has 1 heteroatoms. The van der Waals surface area contributed by atoms with E-state index in [1.165, 1.54) is 0 Å². The lowest BCUT2D eigenvalue weighted by Gasteiger charge is -2.10. The Hall–Kier alpha value is -3.32. The fourth-order valence-electron chi connectivity index (χ4n) is 1.94. The molecule has 0 saturated heterocycles. The molecule has 0 fully saturated rings. The van der Waals surface area contributed by atoms with Gasteiger partial charge in [0, 0.05) is 11.4 Å². The Bertz CT molecular complexity index is 1690. The van der Waals surface area contributed by atoms with Crippen LogP contribution in [-0.2, 0) is 0 Å². The fourth-order valence-corrected chi connectivity index (χ4v) is 1.94. The highest BCUT2D eigenvalue weighted by atomic mass is 14.9. The van der Waals surface area contributed by atoms with Crippen molar-refractivity contribution in [3.63, 3.8) is 0 Å². The van der Waals surface area contributed by atoms with E-state index < -0.39 is 142 Å². The first kappa shape index (κ1) is 5.09. The summed E-state index contributed by atoms with van der Waals surface area (Å²) in [5, 5.41) is 2.43. The van der Waals surface area contributed by atoms with Crippen molar-refractivity contribution in [3.05, 3.63) is 109 Å². The number of hydrogen-bond donors (Lipinski definition) is 1. The lowest BCUT2D eigenvalue weighted by molar-refractivity contribution is 1.53. The van der Waals surface area contributed by atoms with Gasteiger partial charge in [-0.05, 0) is 46.4 Å². The van der Waals surface area contributed by atoms with E-state index >= 15 is 0 Å². The van der Waals surface area contributed by atoms with Gasteiger partial charge in [0.1, 0.15) is 0 Å². The van der Waals surface area contributed by atoms with Crippen LogP contribution in [0.1, 0.15) is 24.7 Å². The lowest BCUT2D eigenvalue weighted by atomic mass is 10.0. The third kappa shape index (κ3) is 3.61. The Morgan fingerprint density at radius 3 is 1.28 bits per heavy atom. The summed E-state index contributed by atoms with van der Waals surface area (Å²) in [5.74, 6) is 0. The van der Waals surface area contributed by atoms with Gasteiger partial charge in [-0.1, -0.05) is 84.6 Å². The maximum absolute atomic E-state index is 8.74. The summed E-state index contributed by atoms with van der Waals surface area (Å²) in [6.45, 7) is 0. The summed E-state index contributed by atoms with van der Waals surface area (Å²) in [5.41, 5.74) is -3.72. The van der Waals surface area contributed by atoms with Crippen molar-refractivity contribution in [3.8, 4) is 22.3 Å². The van der Waals surface area contributed by atoms with Crippen LogP contribution in [0.15, 0.2) is 109 Å². The van der Waals surface area contributed by atoms with E-state index in [2.05, 4.69) is 5.32 Å². The van der Waals surface area contributed by atoms with E-state index in [4.69, 9.17) is 24.7 Å². The van der Waals surface area contributed by atoms with Crippen LogP contribution >= 0.6 is 0 Å². The van der Waals surface area contributed by atoms with Crippen molar-refractivity contribution in [1.82, 2.24) is 0 Å². The Labute approximate surface area is 173 Å². The Balaban J connectivity index is 2.08. The lowest BCUT2D eigenvalue weighted by Crippen LogP contribution is -1.91. The highest BCUT2D eigenvalue weighted by molar-refractivity contribution is 5.73. The quantitative estimate of drug-likeness (QED) is 0.433. The maximum Gasteiger partial charge on any atom is 0.0651 e. The summed E-state index contributed by atoms with van der Waals surface area (Å²) >= 11 is 0. The average Bonchev–Trinajstić information content (AvgIpc) is 2.97. The predicted octanol–water partition coefficient (Wildman–Crippen LogP) is 6.76. The smallest absolute Gasteiger partial charge is 0.0651 e. The molecule has 0 aliphatic heterocycles. The first-order valence-electron chi connectivity index (χ1n) is 16.0. The predicted molar refractivity (Wildman–Crippen MR) is 107 cm³/mol. The minimum atomic E-state index is -0.840. The molecule has 4 aromatic rings. The molecular formula is C24H19N. The molecule has 120 valence electrons. The summed E-state index contributed by atoms with van der Waals surface area (Å²) in [7, 11) is 0. The van der Waals surface area contributed by atoms with Crippen LogP contribution in [0.25, 0.3) is 22.3 Å². The zero-order chi connectivity index (χ0) is 32.6. The summed E-state index contributed by atoms with van der Waals surface area (Å²) in [6.07, 6.45) is 0. The zero-order valence-electron chi connectivity index (χ0n) is 30.5. The molecule has 0 heterocycles. The van der Waals surface area contributed by atoms with Gasteiger partial charge in [0.25, 0.3) is 0 Å². The highest BCUT2D eigenvalue weighted by Gasteiger charge is 2.02. The second-order valence-electron chi connectivity index (χ2n) is 4.62. The van der Waals surface area contributed by atoms with Gasteiger partial charge in [0.2, 0.25) is 0 Å². The van der Waals surface area contributed by atoms with Crippen LogP contribution in [-0.4, -0.2) is 0 Å². The molecule has 0 spiro atoms. The molecule has 0 aliphatic carbocycles. The van der Waals surface area contributed by atoms with Gasteiger partial charge in [-0.3, -0.25) is 0 Å². The van der Waals surface area contributed by atoms with E-state index in [1.54, 1.807) is 0 Å². The molecule has 0 aliphatic rings. The van der Waals surface area contributed by atoms with Crippen LogP contribution in [0.3, 0.4) is 0 Å². The third-order valence-corrected chi connectivity index (χ3v) is 3.00. The van der Waals surface area contributed by atoms with E-state index in [9.17, 15) is 0 Å². The van der Waals surface area contributed by atoms with Crippen molar-refractivity contribution in [2.24, 2.45) is 0 Å². The van der Waals surface area contributed by atoms with E-state index in [0.29, 0.717) is 0 Å². The molecule has 4 aromatic carbocycles. The van der Waals surface area contributed by atoms with Crippen LogP contribution in [0.5, 0.6) is 0 Å². The van der Waals surface area contributed by atoms with Gasteiger partial charge in [-0.25, -0.2) is 0 Å². The number of nitrogens with one attached hydrogen (secondary N) is 1. The zero-order valence-corrected chi connectivity index (χ0v) is 12.5. The Morgan fingerprint density at radius 1 is 0.440 bits per heavy atom. The monoisotopic (exact) mass is 339 g/mol. The molecule has 0 amide bonds. The van der Waals surface area contributed by atoms with E-state index in [0.717, 1.165) is 0 Å². The molecule has 0 saturated carbocycles. The molecule has 0 atom stereocenters. The van der Waals surface area contributed by atoms with Gasteiger partial charge >= 0.3 is 0 Å². The molecule has 1 nitrogen and oxygen atoms in total. The standard InChI is InChI=1S/C24H19N/c1-3-9-19(10-4-1)21-13-7-15-23(17-21)25-24-16-8-14-22(18-24)20-11-5-2-6-12-20/h1-18,25H/i1D,2D,3D,4D,5D,6D,7D,8D,9D,10D,11D,12D,13D,14D,15D,16D,17D,18D. The first-order valence-corrected chi connectivity index (χ1v) is 7.00. The third-order valence-electron chi connectivity index (χ3n) is 3.00. The molecule has 25 heavy (non-hydrogen) atoms. The van der Waals surface area contributed by atoms with Crippen LogP contribution < -0.4 is 5.32 Å². The molecule has 4 rings (SSSR count). The number of rotatable bonds is 4. The van der Waals surface area contributed by atoms with Gasteiger partial charge < -0.3 is 5.32 Å². The molecule has 0 aromatic heterocycles. The second-order valence-corrected chi connectivity index (χ2v) is 4.62. The van der Waals surface area contributed by atoms with E-state index in [-0.39, 0.29) is 0 Å². The van der Waals surface area contributed by atoms with E-state index in [1.807, 2.05) is 0 Å². The molecule has 0 radical (unpaired) electrons. The molecule has 0 unspecified atom stereocenters. The topological polar surface area (TPSA) is 12.0 Å². The van der Waals surface area contributed by atoms with Gasteiger partial charge in [-0.2, -0.15) is 0 Å². The number of anilines is 2. The van der Waals surface area contributed by atoms with Gasteiger partial charge in [-0.15, -0.1) is 0 Å². The van der Waals surface area contributed by atoms with Crippen molar-refractivity contribution < 1.29 is 24.7 Å². The largest absolute Gasteiger partial charge is 0.355 e. The summed E-state index contributed by atoms with van der Waals surface area (Å²) in [6, 6.07) is -14.3. The second kappa shape index (κ2) is 7.06. The number of benzene rings is 4. The Morgan fingerprint density at radius 2 is 0.840 bits per heavy atom. The van der Waals surface area contributed by atoms with Crippen LogP contribution in [0.2, 0.25) is 0 Å². The van der Waals surface area contributed by atoms with Crippen LogP contribution in [0, 0.1) is 0 Å². The van der Waals surface area contributed by atoms with Gasteiger partial charge in [0.05, 0.1) is 24.7 Å².